The molecule has 1 aliphatic heterocycles. The average molecular weight is 398 g/mol. The van der Waals surface area contributed by atoms with Gasteiger partial charge in [-0.25, -0.2) is 0 Å². The van der Waals surface area contributed by atoms with Gasteiger partial charge < -0.3 is 10.1 Å². The molecular weight excluding hydrogens is 372 g/mol. The van der Waals surface area contributed by atoms with E-state index in [0.29, 0.717) is 17.5 Å². The number of aryl methyl sites for hydroxylation is 2. The summed E-state index contributed by atoms with van der Waals surface area (Å²) in [4.78, 5) is 50.5. The van der Waals surface area contributed by atoms with Crippen molar-refractivity contribution in [3.8, 4) is 0 Å². The molecule has 1 aromatic rings. The predicted molar refractivity (Wildman–Crippen MR) is 105 cm³/mol. The van der Waals surface area contributed by atoms with Gasteiger partial charge in [-0.2, -0.15) is 0 Å². The van der Waals surface area contributed by atoms with Crippen LogP contribution in [0.1, 0.15) is 36.8 Å². The summed E-state index contributed by atoms with van der Waals surface area (Å²) < 4.78 is 5.02. The smallest absolute Gasteiger partial charge is 0.308 e. The van der Waals surface area contributed by atoms with Crippen LogP contribution >= 0.6 is 0 Å². The molecule has 7 heteroatoms. The molecule has 3 aliphatic rings. The van der Waals surface area contributed by atoms with Crippen LogP contribution in [0.25, 0.3) is 0 Å². The van der Waals surface area contributed by atoms with Gasteiger partial charge in [0.2, 0.25) is 11.8 Å². The van der Waals surface area contributed by atoms with E-state index in [1.807, 2.05) is 32.0 Å². The highest BCUT2D eigenvalue weighted by atomic mass is 16.5. The average Bonchev–Trinajstić information content (AvgIpc) is 3.36. The van der Waals surface area contributed by atoms with Crippen LogP contribution < -0.4 is 5.32 Å². The van der Waals surface area contributed by atoms with Crippen LogP contribution in [0, 0.1) is 37.5 Å². The summed E-state index contributed by atoms with van der Waals surface area (Å²) in [5.74, 6) is -0.992. The van der Waals surface area contributed by atoms with E-state index in [0.717, 1.165) is 30.4 Å². The zero-order chi connectivity index (χ0) is 20.7. The number of benzene rings is 1. The quantitative estimate of drug-likeness (QED) is 0.586. The van der Waals surface area contributed by atoms with Gasteiger partial charge in [0.25, 0.3) is 5.91 Å². The molecule has 3 fully saturated rings. The van der Waals surface area contributed by atoms with Gasteiger partial charge >= 0.3 is 5.97 Å². The summed E-state index contributed by atoms with van der Waals surface area (Å²) in [6, 6.07) is 5.71. The number of hydrogen-bond donors (Lipinski definition) is 1. The van der Waals surface area contributed by atoms with Gasteiger partial charge in [-0.3, -0.25) is 24.1 Å². The van der Waals surface area contributed by atoms with E-state index in [1.165, 1.54) is 4.90 Å². The minimum Gasteiger partial charge on any atom is -0.456 e. The Morgan fingerprint density at radius 3 is 2.41 bits per heavy atom. The number of nitrogens with zero attached hydrogens (tertiary/aromatic N) is 1. The van der Waals surface area contributed by atoms with Crippen molar-refractivity contribution < 1.29 is 23.9 Å². The maximum atomic E-state index is 12.6. The molecule has 7 nitrogen and oxygen atoms in total. The minimum atomic E-state index is -0.596. The molecule has 154 valence electrons. The predicted octanol–water partition coefficient (Wildman–Crippen LogP) is 2.21. The number of fused-ring (bicyclic) bond motifs is 5. The Labute approximate surface area is 169 Å². The van der Waals surface area contributed by atoms with Crippen LogP contribution in [0.2, 0.25) is 0 Å². The molecule has 29 heavy (non-hydrogen) atoms. The first-order valence-corrected chi connectivity index (χ1v) is 10.2. The summed E-state index contributed by atoms with van der Waals surface area (Å²) in [7, 11) is 0. The monoisotopic (exact) mass is 398 g/mol. The van der Waals surface area contributed by atoms with Crippen molar-refractivity contribution in [2.24, 2.45) is 23.7 Å². The van der Waals surface area contributed by atoms with Crippen LogP contribution in [0.4, 0.5) is 5.69 Å². The Bertz CT molecular complexity index is 852. The third-order valence-electron chi connectivity index (χ3n) is 6.59. The van der Waals surface area contributed by atoms with E-state index in [-0.39, 0.29) is 36.6 Å². The first-order chi connectivity index (χ1) is 13.8. The number of carbonyl (C=O) groups excluding carboxylic acids is 4. The summed E-state index contributed by atoms with van der Waals surface area (Å²) >= 11 is 0. The molecule has 2 bridgehead atoms. The van der Waals surface area contributed by atoms with Gasteiger partial charge in [-0.15, -0.1) is 0 Å². The second kappa shape index (κ2) is 7.61. The number of likely N-dealkylation sites (tertiary alicyclic amines) is 1. The molecule has 4 atom stereocenters. The lowest BCUT2D eigenvalue weighted by Crippen LogP contribution is -2.35. The first kappa shape index (κ1) is 19.6. The molecule has 3 amide bonds. The number of amides is 3. The Balaban J connectivity index is 1.24. The molecule has 4 rings (SSSR count). The zero-order valence-electron chi connectivity index (χ0n) is 16.8. The number of rotatable bonds is 6. The lowest BCUT2D eigenvalue weighted by Gasteiger charge is -2.19. The van der Waals surface area contributed by atoms with E-state index in [4.69, 9.17) is 4.74 Å². The lowest BCUT2D eigenvalue weighted by atomic mass is 9.81. The lowest BCUT2D eigenvalue weighted by molar-refractivity contribution is -0.149. The van der Waals surface area contributed by atoms with Gasteiger partial charge in [0.15, 0.2) is 6.61 Å². The zero-order valence-corrected chi connectivity index (χ0v) is 16.8. The Morgan fingerprint density at radius 1 is 1.10 bits per heavy atom. The van der Waals surface area contributed by atoms with Crippen LogP contribution in [0.15, 0.2) is 18.2 Å². The Kier molecular flexibility index (Phi) is 5.15. The molecule has 0 spiro atoms. The summed E-state index contributed by atoms with van der Waals surface area (Å²) in [6.07, 6.45) is 2.94. The molecule has 0 radical (unpaired) electrons. The maximum Gasteiger partial charge on any atom is 0.308 e. The van der Waals surface area contributed by atoms with Crippen LogP contribution in [-0.2, 0) is 23.9 Å². The highest BCUT2D eigenvalue weighted by molar-refractivity contribution is 6.06. The number of carbonyl (C=O) groups is 4. The maximum absolute atomic E-state index is 12.6. The number of hydrogen-bond acceptors (Lipinski definition) is 5. The molecule has 2 aliphatic carbocycles. The van der Waals surface area contributed by atoms with Crippen LogP contribution in [0.5, 0.6) is 0 Å². The molecule has 2 saturated carbocycles. The van der Waals surface area contributed by atoms with E-state index in [2.05, 4.69) is 5.32 Å². The normalized spacial score (nSPS) is 27.3. The Hall–Kier alpha value is -2.70. The third kappa shape index (κ3) is 3.66. The van der Waals surface area contributed by atoms with Crippen molar-refractivity contribution in [3.05, 3.63) is 29.3 Å². The number of imide groups is 1. The fourth-order valence-corrected chi connectivity index (χ4v) is 5.17. The molecule has 0 unspecified atom stereocenters. The topological polar surface area (TPSA) is 92.8 Å². The van der Waals surface area contributed by atoms with E-state index < -0.39 is 18.5 Å². The van der Waals surface area contributed by atoms with Gasteiger partial charge in [0.1, 0.15) is 0 Å². The fraction of sp³-hybridized carbons (Fsp3) is 0.545. The molecular formula is C22H26N2O5. The molecule has 1 heterocycles. The SMILES string of the molecule is Cc1ccc(C)c(NC(=O)COC(=O)CCN2C(=O)[C@@H]3[C@H]4CC[C@@H](C4)[C@H]3C2=O)c1. The van der Waals surface area contributed by atoms with Crippen molar-refractivity contribution in [2.75, 3.05) is 18.5 Å². The van der Waals surface area contributed by atoms with Crippen molar-refractivity contribution in [1.29, 1.82) is 0 Å². The van der Waals surface area contributed by atoms with E-state index >= 15 is 0 Å². The number of nitrogens with one attached hydrogen (secondary N) is 1. The number of ether oxygens (including phenoxy) is 1. The van der Waals surface area contributed by atoms with Crippen molar-refractivity contribution in [3.63, 3.8) is 0 Å². The van der Waals surface area contributed by atoms with Crippen molar-refractivity contribution in [2.45, 2.75) is 39.5 Å². The first-order valence-electron chi connectivity index (χ1n) is 10.2. The third-order valence-corrected chi connectivity index (χ3v) is 6.59. The van der Waals surface area contributed by atoms with Gasteiger partial charge in [-0.1, -0.05) is 12.1 Å². The number of esters is 1. The van der Waals surface area contributed by atoms with Gasteiger partial charge in [0, 0.05) is 12.2 Å². The van der Waals surface area contributed by atoms with Gasteiger partial charge in [0.05, 0.1) is 18.3 Å². The summed E-state index contributed by atoms with van der Waals surface area (Å²) in [5.41, 5.74) is 2.61. The van der Waals surface area contributed by atoms with Crippen LogP contribution in [-0.4, -0.2) is 41.7 Å². The van der Waals surface area contributed by atoms with E-state index in [9.17, 15) is 19.2 Å². The molecule has 1 aromatic carbocycles. The summed E-state index contributed by atoms with van der Waals surface area (Å²) in [5, 5.41) is 2.73. The molecule has 1 N–H and O–H groups in total. The van der Waals surface area contributed by atoms with Crippen molar-refractivity contribution in [1.82, 2.24) is 4.90 Å². The second-order valence-corrected chi connectivity index (χ2v) is 8.49. The summed E-state index contributed by atoms with van der Waals surface area (Å²) in [6.45, 7) is 3.44. The van der Waals surface area contributed by atoms with Crippen molar-refractivity contribution >= 4 is 29.4 Å². The molecule has 0 aromatic heterocycles. The minimum absolute atomic E-state index is 0.0293. The molecule has 1 saturated heterocycles. The highest BCUT2D eigenvalue weighted by Gasteiger charge is 2.60. The second-order valence-electron chi connectivity index (χ2n) is 8.49. The largest absolute Gasteiger partial charge is 0.456 e. The van der Waals surface area contributed by atoms with Crippen LogP contribution in [0.3, 0.4) is 0 Å². The number of anilines is 1. The fourth-order valence-electron chi connectivity index (χ4n) is 5.17. The van der Waals surface area contributed by atoms with E-state index in [1.54, 1.807) is 0 Å². The highest BCUT2D eigenvalue weighted by Crippen LogP contribution is 2.56. The standard InChI is InChI=1S/C22H26N2O5/c1-12-3-4-13(2)16(9-12)23-17(25)11-29-18(26)7-8-24-21(27)19-14-5-6-15(10-14)20(19)22(24)28/h3-4,9,14-15,19-20H,5-8,10-11H2,1-2H3,(H,23,25)/t14-,15-,19+,20+/m0/s1. The van der Waals surface area contributed by atoms with Gasteiger partial charge in [-0.05, 0) is 62.1 Å². The Morgan fingerprint density at radius 2 is 1.76 bits per heavy atom.